The van der Waals surface area contributed by atoms with Crippen LogP contribution < -0.4 is 4.74 Å². The van der Waals surface area contributed by atoms with E-state index in [4.69, 9.17) is 18.7 Å². The first kappa shape index (κ1) is 26.0. The van der Waals surface area contributed by atoms with Crippen molar-refractivity contribution >= 4 is 12.1 Å². The van der Waals surface area contributed by atoms with Crippen LogP contribution in [0.3, 0.4) is 0 Å². The molecule has 1 aromatic carbocycles. The molecule has 0 saturated heterocycles. The number of carbonyl (C=O) groups excluding carboxylic acids is 2. The van der Waals surface area contributed by atoms with Gasteiger partial charge in [-0.05, 0) is 77.1 Å². The quantitative estimate of drug-likeness (QED) is 0.409. The number of ether oxygens (including phenoxy) is 3. The summed E-state index contributed by atoms with van der Waals surface area (Å²) in [5.74, 6) is 1.18. The fraction of sp³-hybridized carbons (Fsp3) is 0.607. The second kappa shape index (κ2) is 11.4. The van der Waals surface area contributed by atoms with Crippen molar-refractivity contribution in [2.24, 2.45) is 5.41 Å². The third kappa shape index (κ3) is 5.85. The fourth-order valence-electron chi connectivity index (χ4n) is 5.36. The number of benzene rings is 1. The molecule has 0 radical (unpaired) electrons. The number of rotatable bonds is 8. The first-order valence-corrected chi connectivity index (χ1v) is 13.1. The maximum atomic E-state index is 12.5. The van der Waals surface area contributed by atoms with Crippen LogP contribution in [0.15, 0.2) is 28.8 Å². The predicted octanol–water partition coefficient (Wildman–Crippen LogP) is 6.05. The van der Waals surface area contributed by atoms with E-state index in [0.717, 1.165) is 61.8 Å². The number of hydrogen-bond acceptors (Lipinski definition) is 7. The standard InChI is InChI=1S/C28H38N2O6/c1-5-33-26(31)28(3)16-8-11-23(17-28)35-22-14-12-20(13-15-22)25-24(19(2)29-36-25)18-34-27(32)30(4)21-9-6-7-10-21/h12-15,21,23H,5-11,16-18H2,1-4H3. The number of esters is 1. The summed E-state index contributed by atoms with van der Waals surface area (Å²) in [5, 5.41) is 4.10. The number of carbonyl (C=O) groups is 2. The van der Waals surface area contributed by atoms with Crippen molar-refractivity contribution < 1.29 is 28.3 Å². The molecule has 196 valence electrons. The molecule has 2 unspecified atom stereocenters. The number of amides is 1. The molecule has 2 saturated carbocycles. The summed E-state index contributed by atoms with van der Waals surface area (Å²) in [7, 11) is 1.81. The van der Waals surface area contributed by atoms with E-state index in [1.807, 2.05) is 45.0 Å². The Kier molecular flexibility index (Phi) is 8.21. The molecule has 0 aliphatic heterocycles. The van der Waals surface area contributed by atoms with E-state index >= 15 is 0 Å². The molecule has 2 aliphatic carbocycles. The van der Waals surface area contributed by atoms with Crippen molar-refractivity contribution in [2.75, 3.05) is 13.7 Å². The molecule has 2 aliphatic rings. The molecular weight excluding hydrogens is 460 g/mol. The summed E-state index contributed by atoms with van der Waals surface area (Å²) in [5.41, 5.74) is 1.78. The monoisotopic (exact) mass is 498 g/mol. The van der Waals surface area contributed by atoms with Crippen LogP contribution in [0.1, 0.15) is 76.5 Å². The van der Waals surface area contributed by atoms with Gasteiger partial charge >= 0.3 is 12.1 Å². The third-order valence-electron chi connectivity index (χ3n) is 7.61. The molecule has 2 aromatic rings. The summed E-state index contributed by atoms with van der Waals surface area (Å²) >= 11 is 0. The number of hydrogen-bond donors (Lipinski definition) is 0. The van der Waals surface area contributed by atoms with Crippen LogP contribution in [0.25, 0.3) is 11.3 Å². The van der Waals surface area contributed by atoms with Gasteiger partial charge in [-0.25, -0.2) is 4.79 Å². The Morgan fingerprint density at radius 2 is 1.83 bits per heavy atom. The van der Waals surface area contributed by atoms with Gasteiger partial charge in [0.25, 0.3) is 0 Å². The fourth-order valence-corrected chi connectivity index (χ4v) is 5.36. The van der Waals surface area contributed by atoms with E-state index in [-0.39, 0.29) is 30.8 Å². The predicted molar refractivity (Wildman–Crippen MR) is 135 cm³/mol. The molecule has 8 heteroatoms. The minimum atomic E-state index is -0.506. The molecular formula is C28H38N2O6. The molecule has 36 heavy (non-hydrogen) atoms. The lowest BCUT2D eigenvalue weighted by Gasteiger charge is -2.36. The SMILES string of the molecule is CCOC(=O)C1(C)CCCC(Oc2ccc(-c3onc(C)c3COC(=O)N(C)C3CCCC3)cc2)C1. The zero-order chi connectivity index (χ0) is 25.7. The van der Waals surface area contributed by atoms with Gasteiger partial charge in [0, 0.05) is 25.1 Å². The van der Waals surface area contributed by atoms with E-state index in [1.165, 1.54) is 0 Å². The maximum absolute atomic E-state index is 12.5. The Bertz CT molecular complexity index is 1040. The Balaban J connectivity index is 1.38. The smallest absolute Gasteiger partial charge is 0.410 e. The Labute approximate surface area is 213 Å². The largest absolute Gasteiger partial charge is 0.490 e. The molecule has 0 N–H and O–H groups in total. The van der Waals surface area contributed by atoms with E-state index in [0.29, 0.717) is 24.5 Å². The minimum absolute atomic E-state index is 0.0432. The van der Waals surface area contributed by atoms with Crippen LogP contribution in [0.5, 0.6) is 5.75 Å². The van der Waals surface area contributed by atoms with Crippen molar-refractivity contribution in [2.45, 2.75) is 90.9 Å². The zero-order valence-corrected chi connectivity index (χ0v) is 21.9. The molecule has 8 nitrogen and oxygen atoms in total. The van der Waals surface area contributed by atoms with Crippen molar-refractivity contribution in [3.05, 3.63) is 35.5 Å². The first-order chi connectivity index (χ1) is 17.3. The summed E-state index contributed by atoms with van der Waals surface area (Å²) in [6, 6.07) is 7.88. The van der Waals surface area contributed by atoms with Crippen molar-refractivity contribution in [1.29, 1.82) is 0 Å². The van der Waals surface area contributed by atoms with Gasteiger partial charge in [-0.1, -0.05) is 18.0 Å². The molecule has 4 rings (SSSR count). The average Bonchev–Trinajstić information content (AvgIpc) is 3.53. The molecule has 1 aromatic heterocycles. The van der Waals surface area contributed by atoms with Gasteiger partial charge in [0.05, 0.1) is 29.4 Å². The van der Waals surface area contributed by atoms with E-state index in [1.54, 1.807) is 11.9 Å². The molecule has 1 amide bonds. The van der Waals surface area contributed by atoms with Gasteiger partial charge in [-0.15, -0.1) is 0 Å². The Hall–Kier alpha value is -3.03. The van der Waals surface area contributed by atoms with Gasteiger partial charge < -0.3 is 23.6 Å². The Morgan fingerprint density at radius 3 is 2.53 bits per heavy atom. The maximum Gasteiger partial charge on any atom is 0.410 e. The molecule has 1 heterocycles. The van der Waals surface area contributed by atoms with E-state index < -0.39 is 5.41 Å². The third-order valence-corrected chi connectivity index (χ3v) is 7.61. The van der Waals surface area contributed by atoms with Crippen LogP contribution in [0.4, 0.5) is 4.79 Å². The highest BCUT2D eigenvalue weighted by molar-refractivity contribution is 5.76. The average molecular weight is 499 g/mol. The molecule has 2 atom stereocenters. The minimum Gasteiger partial charge on any atom is -0.490 e. The van der Waals surface area contributed by atoms with Gasteiger partial charge in [0.2, 0.25) is 0 Å². The van der Waals surface area contributed by atoms with Crippen LogP contribution >= 0.6 is 0 Å². The topological polar surface area (TPSA) is 91.1 Å². The van der Waals surface area contributed by atoms with Gasteiger partial charge in [-0.2, -0.15) is 0 Å². The molecule has 2 fully saturated rings. The number of nitrogens with zero attached hydrogens (tertiary/aromatic N) is 2. The second-order valence-electron chi connectivity index (χ2n) is 10.3. The summed E-state index contributed by atoms with van der Waals surface area (Å²) < 4.78 is 22.7. The lowest BCUT2D eigenvalue weighted by molar-refractivity contribution is -0.158. The van der Waals surface area contributed by atoms with Crippen molar-refractivity contribution in [3.63, 3.8) is 0 Å². The molecule has 0 spiro atoms. The highest BCUT2D eigenvalue weighted by atomic mass is 16.6. The normalized spacial score (nSPS) is 22.3. The number of aromatic nitrogens is 1. The highest BCUT2D eigenvalue weighted by Gasteiger charge is 2.40. The van der Waals surface area contributed by atoms with Crippen LogP contribution in [-0.2, 0) is 20.9 Å². The van der Waals surface area contributed by atoms with Crippen LogP contribution in [-0.4, -0.2) is 47.9 Å². The van der Waals surface area contributed by atoms with Gasteiger partial charge in [0.1, 0.15) is 12.4 Å². The zero-order valence-electron chi connectivity index (χ0n) is 21.9. The van der Waals surface area contributed by atoms with E-state index in [2.05, 4.69) is 5.16 Å². The van der Waals surface area contributed by atoms with Crippen LogP contribution in [0.2, 0.25) is 0 Å². The summed E-state index contributed by atoms with van der Waals surface area (Å²) in [6.07, 6.45) is 7.29. The first-order valence-electron chi connectivity index (χ1n) is 13.1. The molecule has 0 bridgehead atoms. The van der Waals surface area contributed by atoms with Crippen molar-refractivity contribution in [1.82, 2.24) is 10.1 Å². The lowest BCUT2D eigenvalue weighted by atomic mass is 9.74. The van der Waals surface area contributed by atoms with Crippen molar-refractivity contribution in [3.8, 4) is 17.1 Å². The van der Waals surface area contributed by atoms with Gasteiger partial charge in [-0.3, -0.25) is 4.79 Å². The lowest BCUT2D eigenvalue weighted by Crippen LogP contribution is -2.39. The van der Waals surface area contributed by atoms with Gasteiger partial charge in [0.15, 0.2) is 5.76 Å². The summed E-state index contributed by atoms with van der Waals surface area (Å²) in [4.78, 5) is 26.7. The second-order valence-corrected chi connectivity index (χ2v) is 10.3. The summed E-state index contributed by atoms with van der Waals surface area (Å²) in [6.45, 7) is 6.14. The highest BCUT2D eigenvalue weighted by Crippen LogP contribution is 2.39. The van der Waals surface area contributed by atoms with Crippen LogP contribution in [0, 0.1) is 12.3 Å². The Morgan fingerprint density at radius 1 is 1.11 bits per heavy atom. The number of aryl methyl sites for hydroxylation is 1. The van der Waals surface area contributed by atoms with E-state index in [9.17, 15) is 9.59 Å².